The molecule has 0 bridgehead atoms. The molecule has 3 heteroatoms. The molecule has 0 saturated heterocycles. The van der Waals surface area contributed by atoms with E-state index >= 15 is 0 Å². The highest BCUT2D eigenvalue weighted by Gasteiger charge is 2.15. The summed E-state index contributed by atoms with van der Waals surface area (Å²) in [6.45, 7) is 3.98. The maximum absolute atomic E-state index is 11.2. The van der Waals surface area contributed by atoms with Crippen LogP contribution in [0.1, 0.15) is 30.4 Å². The van der Waals surface area contributed by atoms with Gasteiger partial charge in [0.2, 0.25) is 0 Å². The average Bonchev–Trinajstić information content (AvgIpc) is 2.17. The number of carbonyl (C=O) groups excluding carboxylic acids is 1. The summed E-state index contributed by atoms with van der Waals surface area (Å²) in [6, 6.07) is 5.77. The standard InChI is InChI=1S/C12H17NO2/c1-8-5-4-6-10(13)12(8)9(2)7-11(14)15-3/h4-6,9H,7,13H2,1-3H3. The minimum atomic E-state index is -0.204. The number of hydrogen-bond donors (Lipinski definition) is 1. The number of rotatable bonds is 3. The summed E-state index contributed by atoms with van der Waals surface area (Å²) < 4.78 is 4.64. The summed E-state index contributed by atoms with van der Waals surface area (Å²) in [5, 5.41) is 0. The molecule has 0 fully saturated rings. The van der Waals surface area contributed by atoms with Gasteiger partial charge in [-0.2, -0.15) is 0 Å². The second-order valence-electron chi connectivity index (χ2n) is 3.76. The Morgan fingerprint density at radius 2 is 2.20 bits per heavy atom. The number of anilines is 1. The maximum atomic E-state index is 11.2. The Kier molecular flexibility index (Phi) is 3.72. The molecule has 0 radical (unpaired) electrons. The lowest BCUT2D eigenvalue weighted by atomic mass is 9.92. The minimum absolute atomic E-state index is 0.0960. The van der Waals surface area contributed by atoms with E-state index in [4.69, 9.17) is 5.73 Å². The number of benzene rings is 1. The molecule has 1 atom stereocenters. The summed E-state index contributed by atoms with van der Waals surface area (Å²) in [5.74, 6) is -0.108. The van der Waals surface area contributed by atoms with Gasteiger partial charge in [-0.3, -0.25) is 4.79 Å². The van der Waals surface area contributed by atoms with Crippen molar-refractivity contribution in [2.24, 2.45) is 0 Å². The molecule has 2 N–H and O–H groups in total. The van der Waals surface area contributed by atoms with Gasteiger partial charge in [-0.1, -0.05) is 19.1 Å². The molecule has 0 aliphatic carbocycles. The van der Waals surface area contributed by atoms with Crippen LogP contribution in [0.15, 0.2) is 18.2 Å². The van der Waals surface area contributed by atoms with Crippen LogP contribution in [0.3, 0.4) is 0 Å². The van der Waals surface area contributed by atoms with Gasteiger partial charge in [-0.15, -0.1) is 0 Å². The van der Waals surface area contributed by atoms with Crippen LogP contribution in [0.2, 0.25) is 0 Å². The van der Waals surface area contributed by atoms with Crippen molar-refractivity contribution in [2.75, 3.05) is 12.8 Å². The molecule has 0 aliphatic heterocycles. The number of hydrogen-bond acceptors (Lipinski definition) is 3. The SMILES string of the molecule is COC(=O)CC(C)c1c(C)cccc1N. The van der Waals surface area contributed by atoms with Gasteiger partial charge in [0, 0.05) is 5.69 Å². The molecular weight excluding hydrogens is 190 g/mol. The number of methoxy groups -OCH3 is 1. The fraction of sp³-hybridized carbons (Fsp3) is 0.417. The molecule has 1 aromatic rings. The highest BCUT2D eigenvalue weighted by atomic mass is 16.5. The fourth-order valence-corrected chi connectivity index (χ4v) is 1.81. The van der Waals surface area contributed by atoms with E-state index in [-0.39, 0.29) is 11.9 Å². The summed E-state index contributed by atoms with van der Waals surface area (Å²) in [6.07, 6.45) is 0.367. The Balaban J connectivity index is 2.90. The lowest BCUT2D eigenvalue weighted by Crippen LogP contribution is -2.09. The maximum Gasteiger partial charge on any atom is 0.306 e. The van der Waals surface area contributed by atoms with Crippen LogP contribution in [0, 0.1) is 6.92 Å². The molecule has 82 valence electrons. The van der Waals surface area contributed by atoms with Crippen molar-refractivity contribution in [1.29, 1.82) is 0 Å². The van der Waals surface area contributed by atoms with E-state index in [9.17, 15) is 4.79 Å². The molecule has 0 aliphatic rings. The third kappa shape index (κ3) is 2.72. The van der Waals surface area contributed by atoms with Gasteiger partial charge < -0.3 is 10.5 Å². The minimum Gasteiger partial charge on any atom is -0.469 e. The first kappa shape index (κ1) is 11.6. The second-order valence-corrected chi connectivity index (χ2v) is 3.76. The summed E-state index contributed by atoms with van der Waals surface area (Å²) in [7, 11) is 1.40. The van der Waals surface area contributed by atoms with Crippen LogP contribution in [0.5, 0.6) is 0 Å². The van der Waals surface area contributed by atoms with Crippen molar-refractivity contribution in [3.63, 3.8) is 0 Å². The Labute approximate surface area is 90.2 Å². The first-order chi connectivity index (χ1) is 7.06. The highest BCUT2D eigenvalue weighted by molar-refractivity contribution is 5.71. The van der Waals surface area contributed by atoms with E-state index in [0.717, 1.165) is 16.8 Å². The number of ether oxygens (including phenoxy) is 1. The zero-order chi connectivity index (χ0) is 11.4. The molecule has 3 nitrogen and oxygen atoms in total. The third-order valence-corrected chi connectivity index (χ3v) is 2.55. The van der Waals surface area contributed by atoms with Crippen molar-refractivity contribution < 1.29 is 9.53 Å². The monoisotopic (exact) mass is 207 g/mol. The van der Waals surface area contributed by atoms with Gasteiger partial charge in [0.05, 0.1) is 13.5 Å². The van der Waals surface area contributed by atoms with Crippen LogP contribution >= 0.6 is 0 Å². The normalized spacial score (nSPS) is 12.2. The number of aryl methyl sites for hydroxylation is 1. The van der Waals surface area contributed by atoms with E-state index in [1.54, 1.807) is 0 Å². The van der Waals surface area contributed by atoms with Crippen molar-refractivity contribution in [3.05, 3.63) is 29.3 Å². The van der Waals surface area contributed by atoms with Gasteiger partial charge in [0.15, 0.2) is 0 Å². The molecule has 0 amide bonds. The first-order valence-corrected chi connectivity index (χ1v) is 4.98. The molecule has 1 aromatic carbocycles. The molecule has 0 saturated carbocycles. The molecular formula is C12H17NO2. The van der Waals surface area contributed by atoms with Crippen LogP contribution in [-0.4, -0.2) is 13.1 Å². The van der Waals surface area contributed by atoms with Crippen LogP contribution in [0.4, 0.5) is 5.69 Å². The largest absolute Gasteiger partial charge is 0.469 e. The fourth-order valence-electron chi connectivity index (χ4n) is 1.81. The van der Waals surface area contributed by atoms with E-state index in [1.807, 2.05) is 32.0 Å². The molecule has 1 unspecified atom stereocenters. The lowest BCUT2D eigenvalue weighted by Gasteiger charge is -2.15. The van der Waals surface area contributed by atoms with E-state index in [2.05, 4.69) is 4.74 Å². The number of nitrogen functional groups attached to an aromatic ring is 1. The predicted molar refractivity (Wildman–Crippen MR) is 60.6 cm³/mol. The Bertz CT molecular complexity index is 340. The molecule has 15 heavy (non-hydrogen) atoms. The number of carbonyl (C=O) groups is 1. The van der Waals surface area contributed by atoms with Crippen LogP contribution < -0.4 is 5.73 Å². The van der Waals surface area contributed by atoms with Gasteiger partial charge in [0.25, 0.3) is 0 Å². The van der Waals surface area contributed by atoms with Gasteiger partial charge in [-0.05, 0) is 30.0 Å². The van der Waals surface area contributed by atoms with Gasteiger partial charge >= 0.3 is 5.97 Å². The number of esters is 1. The highest BCUT2D eigenvalue weighted by Crippen LogP contribution is 2.28. The Hall–Kier alpha value is -1.51. The average molecular weight is 207 g/mol. The van der Waals surface area contributed by atoms with Crippen molar-refractivity contribution in [3.8, 4) is 0 Å². The summed E-state index contributed by atoms with van der Waals surface area (Å²) in [4.78, 5) is 11.2. The molecule has 0 heterocycles. The quantitative estimate of drug-likeness (QED) is 0.611. The Morgan fingerprint density at radius 3 is 2.73 bits per heavy atom. The van der Waals surface area contributed by atoms with Gasteiger partial charge in [0.1, 0.15) is 0 Å². The van der Waals surface area contributed by atoms with E-state index < -0.39 is 0 Å². The van der Waals surface area contributed by atoms with Crippen molar-refractivity contribution in [2.45, 2.75) is 26.2 Å². The van der Waals surface area contributed by atoms with Crippen molar-refractivity contribution in [1.82, 2.24) is 0 Å². The summed E-state index contributed by atoms with van der Waals surface area (Å²) >= 11 is 0. The third-order valence-electron chi connectivity index (χ3n) is 2.55. The zero-order valence-electron chi connectivity index (χ0n) is 9.41. The lowest BCUT2D eigenvalue weighted by molar-refractivity contribution is -0.140. The predicted octanol–water partition coefficient (Wildman–Crippen LogP) is 2.24. The van der Waals surface area contributed by atoms with Gasteiger partial charge in [-0.25, -0.2) is 0 Å². The van der Waals surface area contributed by atoms with Crippen molar-refractivity contribution >= 4 is 11.7 Å². The summed E-state index contributed by atoms with van der Waals surface area (Å²) in [5.41, 5.74) is 8.79. The van der Waals surface area contributed by atoms with E-state index in [0.29, 0.717) is 6.42 Å². The molecule has 0 aromatic heterocycles. The van der Waals surface area contributed by atoms with Crippen LogP contribution in [0.25, 0.3) is 0 Å². The first-order valence-electron chi connectivity index (χ1n) is 4.98. The van der Waals surface area contributed by atoms with Crippen LogP contribution in [-0.2, 0) is 9.53 Å². The number of nitrogens with two attached hydrogens (primary N) is 1. The zero-order valence-corrected chi connectivity index (χ0v) is 9.41. The van der Waals surface area contributed by atoms with E-state index in [1.165, 1.54) is 7.11 Å². The molecule has 1 rings (SSSR count). The molecule has 0 spiro atoms. The topological polar surface area (TPSA) is 52.3 Å². The smallest absolute Gasteiger partial charge is 0.306 e. The second kappa shape index (κ2) is 4.82. The Morgan fingerprint density at radius 1 is 1.53 bits per heavy atom.